The molecule has 2 aromatic carbocycles. The van der Waals surface area contributed by atoms with E-state index in [-0.39, 0.29) is 22.0 Å². The zero-order chi connectivity index (χ0) is 20.5. The molecule has 1 saturated heterocycles. The molecule has 0 atom stereocenters. The number of hydrogen-bond donors (Lipinski definition) is 1. The third-order valence-corrected chi connectivity index (χ3v) is 4.99. The zero-order valence-corrected chi connectivity index (χ0v) is 15.5. The van der Waals surface area contributed by atoms with E-state index >= 15 is 0 Å². The highest BCUT2D eigenvalue weighted by atomic mass is 32.2. The summed E-state index contributed by atoms with van der Waals surface area (Å²) in [5.74, 6) is 0.136. The van der Waals surface area contributed by atoms with E-state index in [0.717, 1.165) is 16.7 Å². The molecular formula is C20H12N2O6S. The van der Waals surface area contributed by atoms with Crippen LogP contribution >= 0.6 is 11.8 Å². The van der Waals surface area contributed by atoms with E-state index in [0.29, 0.717) is 17.1 Å². The monoisotopic (exact) mass is 408 g/mol. The lowest BCUT2D eigenvalue weighted by Gasteiger charge is -2.12. The highest BCUT2D eigenvalue weighted by molar-refractivity contribution is 8.19. The molecule has 2 amide bonds. The Hall–Kier alpha value is -3.85. The van der Waals surface area contributed by atoms with Crippen LogP contribution < -0.4 is 4.90 Å². The molecule has 0 radical (unpaired) electrons. The molecule has 29 heavy (non-hydrogen) atoms. The van der Waals surface area contributed by atoms with E-state index in [4.69, 9.17) is 4.42 Å². The summed E-state index contributed by atoms with van der Waals surface area (Å²) >= 11 is 0.756. The van der Waals surface area contributed by atoms with Gasteiger partial charge in [-0.3, -0.25) is 19.7 Å². The standard InChI is InChI=1S/C20H12N2O6S/c23-15-6-2-4-13(10-15)21-19(24)18(29-20(21)25)11-16-7-8-17(28-16)12-3-1-5-14(9-12)22(26)27/h1-11,23H. The summed E-state index contributed by atoms with van der Waals surface area (Å²) < 4.78 is 5.68. The fraction of sp³-hybridized carbons (Fsp3) is 0. The molecule has 0 aliphatic carbocycles. The van der Waals surface area contributed by atoms with E-state index in [1.165, 1.54) is 36.4 Å². The molecule has 144 valence electrons. The maximum atomic E-state index is 12.6. The van der Waals surface area contributed by atoms with Crippen LogP contribution in [0.2, 0.25) is 0 Å². The number of furan rings is 1. The average molecular weight is 408 g/mol. The molecular weight excluding hydrogens is 396 g/mol. The summed E-state index contributed by atoms with van der Waals surface area (Å²) in [6.45, 7) is 0. The molecule has 4 rings (SSSR count). The number of aromatic hydroxyl groups is 1. The molecule has 1 aliphatic heterocycles. The van der Waals surface area contributed by atoms with Gasteiger partial charge in [-0.25, -0.2) is 4.90 Å². The van der Waals surface area contributed by atoms with Gasteiger partial charge < -0.3 is 9.52 Å². The Kier molecular flexibility index (Phi) is 4.65. The summed E-state index contributed by atoms with van der Waals surface area (Å²) in [6, 6.07) is 15.1. The Labute approximate surface area is 168 Å². The number of phenols is 1. The quantitative estimate of drug-likeness (QED) is 0.375. The average Bonchev–Trinajstić information content (AvgIpc) is 3.26. The number of nitrogens with zero attached hydrogens (tertiary/aromatic N) is 2. The van der Waals surface area contributed by atoms with Gasteiger partial charge in [0.25, 0.3) is 16.8 Å². The first kappa shape index (κ1) is 18.5. The van der Waals surface area contributed by atoms with Crippen LogP contribution in [0.4, 0.5) is 16.2 Å². The van der Waals surface area contributed by atoms with E-state index in [2.05, 4.69) is 0 Å². The number of hydrogen-bond acceptors (Lipinski definition) is 7. The van der Waals surface area contributed by atoms with Crippen LogP contribution in [0.25, 0.3) is 17.4 Å². The van der Waals surface area contributed by atoms with Crippen LogP contribution in [-0.2, 0) is 4.79 Å². The van der Waals surface area contributed by atoms with Crippen LogP contribution in [0.5, 0.6) is 5.75 Å². The van der Waals surface area contributed by atoms with Crippen molar-refractivity contribution in [3.8, 4) is 17.1 Å². The van der Waals surface area contributed by atoms with Gasteiger partial charge >= 0.3 is 0 Å². The molecule has 1 fully saturated rings. The summed E-state index contributed by atoms with van der Waals surface area (Å²) in [5, 5.41) is 20.0. The maximum Gasteiger partial charge on any atom is 0.298 e. The third kappa shape index (κ3) is 3.63. The number of nitro benzene ring substituents is 1. The molecule has 2 heterocycles. The molecule has 1 N–H and O–H groups in total. The fourth-order valence-corrected chi connectivity index (χ4v) is 3.63. The number of anilines is 1. The first-order valence-electron chi connectivity index (χ1n) is 8.34. The van der Waals surface area contributed by atoms with Crippen LogP contribution in [-0.4, -0.2) is 21.2 Å². The number of carbonyl (C=O) groups excluding carboxylic acids is 2. The first-order chi connectivity index (χ1) is 13.9. The van der Waals surface area contributed by atoms with Crippen LogP contribution in [0.15, 0.2) is 70.0 Å². The van der Waals surface area contributed by atoms with Crippen molar-refractivity contribution in [2.75, 3.05) is 4.90 Å². The predicted octanol–water partition coefficient (Wildman–Crippen LogP) is 4.80. The smallest absolute Gasteiger partial charge is 0.298 e. The number of nitro groups is 1. The van der Waals surface area contributed by atoms with Crippen molar-refractivity contribution in [1.29, 1.82) is 0 Å². The lowest BCUT2D eigenvalue weighted by molar-refractivity contribution is -0.384. The van der Waals surface area contributed by atoms with Crippen molar-refractivity contribution in [3.05, 3.63) is 81.4 Å². The second-order valence-electron chi connectivity index (χ2n) is 6.05. The number of carbonyl (C=O) groups is 2. The highest BCUT2D eigenvalue weighted by Crippen LogP contribution is 2.37. The van der Waals surface area contributed by atoms with Gasteiger partial charge in [-0.15, -0.1) is 0 Å². The lowest BCUT2D eigenvalue weighted by Crippen LogP contribution is -2.27. The van der Waals surface area contributed by atoms with Gasteiger partial charge in [0.15, 0.2) is 0 Å². The Morgan fingerprint density at radius 1 is 1.07 bits per heavy atom. The molecule has 0 unspecified atom stereocenters. The second-order valence-corrected chi connectivity index (χ2v) is 7.04. The van der Waals surface area contributed by atoms with Gasteiger partial charge in [-0.1, -0.05) is 18.2 Å². The SMILES string of the molecule is O=C1SC(=Cc2ccc(-c3cccc([N+](=O)[O-])c3)o2)C(=O)N1c1cccc(O)c1. The minimum Gasteiger partial charge on any atom is -0.508 e. The van der Waals surface area contributed by atoms with Gasteiger partial charge in [0, 0.05) is 29.8 Å². The third-order valence-electron chi connectivity index (χ3n) is 4.12. The van der Waals surface area contributed by atoms with E-state index in [1.807, 2.05) is 0 Å². The molecule has 9 heteroatoms. The summed E-state index contributed by atoms with van der Waals surface area (Å²) in [5.41, 5.74) is 0.729. The normalized spacial score (nSPS) is 15.3. The topological polar surface area (TPSA) is 114 Å². The minimum atomic E-state index is -0.529. The van der Waals surface area contributed by atoms with Gasteiger partial charge in [0.1, 0.15) is 17.3 Å². The largest absolute Gasteiger partial charge is 0.508 e. The molecule has 1 aliphatic rings. The van der Waals surface area contributed by atoms with Crippen molar-refractivity contribution in [3.63, 3.8) is 0 Å². The Morgan fingerprint density at radius 2 is 1.86 bits per heavy atom. The van der Waals surface area contributed by atoms with Crippen molar-refractivity contribution in [1.82, 2.24) is 0 Å². The molecule has 1 aromatic heterocycles. The number of thioether (sulfide) groups is 1. The van der Waals surface area contributed by atoms with Crippen molar-refractivity contribution in [2.45, 2.75) is 0 Å². The Balaban J connectivity index is 1.61. The summed E-state index contributed by atoms with van der Waals surface area (Å²) in [6.07, 6.45) is 1.44. The molecule has 0 saturated carbocycles. The first-order valence-corrected chi connectivity index (χ1v) is 9.16. The number of benzene rings is 2. The summed E-state index contributed by atoms with van der Waals surface area (Å²) in [4.78, 5) is 36.5. The summed E-state index contributed by atoms with van der Waals surface area (Å²) in [7, 11) is 0. The predicted molar refractivity (Wildman–Crippen MR) is 107 cm³/mol. The number of non-ortho nitro benzene ring substituents is 1. The van der Waals surface area contributed by atoms with Crippen LogP contribution in [0.1, 0.15) is 5.76 Å². The van der Waals surface area contributed by atoms with Crippen LogP contribution in [0.3, 0.4) is 0 Å². The van der Waals surface area contributed by atoms with Gasteiger partial charge in [-0.2, -0.15) is 0 Å². The van der Waals surface area contributed by atoms with Gasteiger partial charge in [0.2, 0.25) is 0 Å². The zero-order valence-electron chi connectivity index (χ0n) is 14.6. The molecule has 3 aromatic rings. The Morgan fingerprint density at radius 3 is 2.62 bits per heavy atom. The van der Waals surface area contributed by atoms with E-state index < -0.39 is 16.1 Å². The Bertz CT molecular complexity index is 1180. The van der Waals surface area contributed by atoms with E-state index in [9.17, 15) is 24.8 Å². The van der Waals surface area contributed by atoms with Crippen molar-refractivity contribution < 1.29 is 24.0 Å². The minimum absolute atomic E-state index is 0.0573. The van der Waals surface area contributed by atoms with Crippen molar-refractivity contribution >= 4 is 40.4 Å². The molecule has 8 nitrogen and oxygen atoms in total. The van der Waals surface area contributed by atoms with Crippen LogP contribution in [0, 0.1) is 10.1 Å². The lowest BCUT2D eigenvalue weighted by atomic mass is 10.1. The number of amides is 2. The molecule has 0 bridgehead atoms. The fourth-order valence-electron chi connectivity index (χ4n) is 2.81. The van der Waals surface area contributed by atoms with Gasteiger partial charge in [0.05, 0.1) is 15.5 Å². The van der Waals surface area contributed by atoms with Crippen molar-refractivity contribution in [2.24, 2.45) is 0 Å². The van der Waals surface area contributed by atoms with E-state index in [1.54, 1.807) is 30.3 Å². The maximum absolute atomic E-state index is 12.6. The second kappa shape index (κ2) is 7.28. The number of rotatable bonds is 4. The van der Waals surface area contributed by atoms with Gasteiger partial charge in [-0.05, 0) is 36.0 Å². The number of phenolic OH excluding ortho intramolecular Hbond substituents is 1. The highest BCUT2D eigenvalue weighted by Gasteiger charge is 2.36. The number of imide groups is 1. The molecule has 0 spiro atoms.